The molecule has 0 saturated carbocycles. The number of piperidine rings is 1. The third-order valence-electron chi connectivity index (χ3n) is 4.32. The van der Waals surface area contributed by atoms with Crippen LogP contribution in [0.2, 0.25) is 5.02 Å². The van der Waals surface area contributed by atoms with E-state index in [9.17, 15) is 9.59 Å². The average Bonchev–Trinajstić information content (AvgIpc) is 2.56. The van der Waals surface area contributed by atoms with Crippen LogP contribution in [0, 0.1) is 5.92 Å². The summed E-state index contributed by atoms with van der Waals surface area (Å²) in [5, 5.41) is 3.68. The largest absolute Gasteiger partial charge is 0.466 e. The van der Waals surface area contributed by atoms with Crippen molar-refractivity contribution in [2.24, 2.45) is 5.92 Å². The zero-order valence-corrected chi connectivity index (χ0v) is 15.0. The van der Waals surface area contributed by atoms with Gasteiger partial charge in [-0.1, -0.05) is 23.7 Å². The quantitative estimate of drug-likeness (QED) is 0.800. The molecule has 24 heavy (non-hydrogen) atoms. The molecule has 1 saturated heterocycles. The molecule has 1 aromatic rings. The summed E-state index contributed by atoms with van der Waals surface area (Å²) in [6, 6.07) is 7.40. The molecule has 1 amide bonds. The number of nitrogens with zero attached hydrogens (tertiary/aromatic N) is 1. The molecule has 0 spiro atoms. The van der Waals surface area contributed by atoms with Crippen LogP contribution in [0.5, 0.6) is 0 Å². The first-order valence-corrected chi connectivity index (χ1v) is 8.81. The molecule has 2 rings (SSSR count). The van der Waals surface area contributed by atoms with Crippen LogP contribution < -0.4 is 5.32 Å². The van der Waals surface area contributed by atoms with Gasteiger partial charge in [0.15, 0.2) is 0 Å². The van der Waals surface area contributed by atoms with Gasteiger partial charge in [-0.15, -0.1) is 0 Å². The Bertz CT molecular complexity index is 554. The van der Waals surface area contributed by atoms with Gasteiger partial charge < -0.3 is 10.1 Å². The van der Waals surface area contributed by atoms with Crippen LogP contribution in [0.4, 0.5) is 0 Å². The van der Waals surface area contributed by atoms with E-state index in [0.717, 1.165) is 31.5 Å². The molecule has 132 valence electrons. The van der Waals surface area contributed by atoms with E-state index in [4.69, 9.17) is 16.3 Å². The van der Waals surface area contributed by atoms with E-state index in [1.165, 1.54) is 0 Å². The van der Waals surface area contributed by atoms with Crippen molar-refractivity contribution in [3.8, 4) is 0 Å². The molecule has 1 heterocycles. The van der Waals surface area contributed by atoms with Crippen LogP contribution in [0.3, 0.4) is 0 Å². The van der Waals surface area contributed by atoms with Gasteiger partial charge in [-0.25, -0.2) is 0 Å². The van der Waals surface area contributed by atoms with Gasteiger partial charge in [-0.2, -0.15) is 0 Å². The number of ether oxygens (including phenoxy) is 1. The molecular weight excluding hydrogens is 328 g/mol. The molecule has 0 radical (unpaired) electrons. The van der Waals surface area contributed by atoms with Gasteiger partial charge >= 0.3 is 5.97 Å². The van der Waals surface area contributed by atoms with Crippen molar-refractivity contribution in [2.75, 3.05) is 26.2 Å². The Balaban J connectivity index is 1.75. The maximum absolute atomic E-state index is 12.2. The fourth-order valence-electron chi connectivity index (χ4n) is 2.91. The summed E-state index contributed by atoms with van der Waals surface area (Å²) in [4.78, 5) is 26.0. The summed E-state index contributed by atoms with van der Waals surface area (Å²) >= 11 is 5.88. The molecule has 1 aliphatic rings. The number of hydrogen-bond donors (Lipinski definition) is 1. The van der Waals surface area contributed by atoms with E-state index >= 15 is 0 Å². The molecule has 0 aliphatic carbocycles. The highest BCUT2D eigenvalue weighted by Gasteiger charge is 2.26. The van der Waals surface area contributed by atoms with Crippen molar-refractivity contribution in [3.63, 3.8) is 0 Å². The Morgan fingerprint density at radius 1 is 1.29 bits per heavy atom. The molecule has 0 bridgehead atoms. The van der Waals surface area contributed by atoms with Crippen molar-refractivity contribution in [3.05, 3.63) is 34.9 Å². The highest BCUT2D eigenvalue weighted by molar-refractivity contribution is 6.30. The molecule has 5 nitrogen and oxygen atoms in total. The first kappa shape index (κ1) is 18.7. The van der Waals surface area contributed by atoms with Gasteiger partial charge in [0.1, 0.15) is 0 Å². The smallest absolute Gasteiger partial charge is 0.309 e. The van der Waals surface area contributed by atoms with Crippen LogP contribution in [0.25, 0.3) is 0 Å². The molecule has 1 aromatic carbocycles. The monoisotopic (exact) mass is 352 g/mol. The lowest BCUT2D eigenvalue weighted by molar-refractivity contribution is -0.149. The van der Waals surface area contributed by atoms with E-state index in [0.29, 0.717) is 18.2 Å². The number of carbonyl (C=O) groups excluding carboxylic acids is 2. The van der Waals surface area contributed by atoms with Crippen molar-refractivity contribution in [1.29, 1.82) is 0 Å². The number of rotatable bonds is 6. The fraction of sp³-hybridized carbons (Fsp3) is 0.556. The predicted octanol–water partition coefficient (Wildman–Crippen LogP) is 2.79. The van der Waals surface area contributed by atoms with Gasteiger partial charge in [-0.05, 0) is 57.5 Å². The number of hydrogen-bond acceptors (Lipinski definition) is 4. The Kier molecular flexibility index (Phi) is 7.06. The summed E-state index contributed by atoms with van der Waals surface area (Å²) in [6.07, 6.45) is 1.50. The lowest BCUT2D eigenvalue weighted by atomic mass is 9.97. The van der Waals surface area contributed by atoms with Crippen molar-refractivity contribution < 1.29 is 14.3 Å². The second-order valence-electron chi connectivity index (χ2n) is 6.14. The third-order valence-corrected chi connectivity index (χ3v) is 4.57. The molecule has 6 heteroatoms. The van der Waals surface area contributed by atoms with Crippen molar-refractivity contribution in [2.45, 2.75) is 32.7 Å². The van der Waals surface area contributed by atoms with Crippen LogP contribution in [0.15, 0.2) is 24.3 Å². The lowest BCUT2D eigenvalue weighted by Gasteiger charge is -2.30. The van der Waals surface area contributed by atoms with Crippen molar-refractivity contribution in [1.82, 2.24) is 10.2 Å². The first-order valence-electron chi connectivity index (χ1n) is 8.43. The number of amides is 1. The Hall–Kier alpha value is -1.59. The van der Waals surface area contributed by atoms with Crippen LogP contribution in [0.1, 0.15) is 38.3 Å². The Morgan fingerprint density at radius 2 is 1.92 bits per heavy atom. The fourth-order valence-corrected chi connectivity index (χ4v) is 3.04. The molecule has 1 aliphatic heterocycles. The van der Waals surface area contributed by atoms with E-state index in [1.54, 1.807) is 0 Å². The zero-order valence-electron chi connectivity index (χ0n) is 14.3. The number of esters is 1. The predicted molar refractivity (Wildman–Crippen MR) is 93.8 cm³/mol. The number of carbonyl (C=O) groups is 2. The number of nitrogens with one attached hydrogen (secondary N) is 1. The van der Waals surface area contributed by atoms with Gasteiger partial charge in [0.05, 0.1) is 25.1 Å². The molecule has 1 fully saturated rings. The normalized spacial score (nSPS) is 17.3. The van der Waals surface area contributed by atoms with E-state index in [1.807, 2.05) is 38.1 Å². The minimum Gasteiger partial charge on any atom is -0.466 e. The maximum Gasteiger partial charge on any atom is 0.309 e. The topological polar surface area (TPSA) is 58.6 Å². The van der Waals surface area contributed by atoms with Crippen LogP contribution in [-0.2, 0) is 14.3 Å². The Morgan fingerprint density at radius 3 is 2.50 bits per heavy atom. The molecular formula is C18H25ClN2O3. The number of halogens is 1. The molecule has 1 N–H and O–H groups in total. The van der Waals surface area contributed by atoms with Gasteiger partial charge in [0, 0.05) is 5.02 Å². The first-order chi connectivity index (χ1) is 11.5. The minimum atomic E-state index is -0.113. The summed E-state index contributed by atoms with van der Waals surface area (Å²) in [6.45, 7) is 6.03. The number of benzene rings is 1. The lowest BCUT2D eigenvalue weighted by Crippen LogP contribution is -2.43. The summed E-state index contributed by atoms with van der Waals surface area (Å²) in [7, 11) is 0. The zero-order chi connectivity index (χ0) is 17.5. The summed E-state index contributed by atoms with van der Waals surface area (Å²) in [5.41, 5.74) is 1.02. The van der Waals surface area contributed by atoms with E-state index in [2.05, 4.69) is 10.2 Å². The SMILES string of the molecule is CCOC(=O)C1CCN(CC(=O)N[C@H](C)c2ccc(Cl)cc2)CC1. The van der Waals surface area contributed by atoms with Gasteiger partial charge in [-0.3, -0.25) is 14.5 Å². The standard InChI is InChI=1S/C18H25ClN2O3/c1-3-24-18(23)15-8-10-21(11-9-15)12-17(22)20-13(2)14-4-6-16(19)7-5-14/h4-7,13,15H,3,8-12H2,1-2H3,(H,20,22)/t13-/m1/s1. The second kappa shape index (κ2) is 9.04. The minimum absolute atomic E-state index is 0.00738. The van der Waals surface area contributed by atoms with Gasteiger partial charge in [0.25, 0.3) is 0 Å². The second-order valence-corrected chi connectivity index (χ2v) is 6.58. The third kappa shape index (κ3) is 5.49. The molecule has 0 aromatic heterocycles. The van der Waals surface area contributed by atoms with Crippen molar-refractivity contribution >= 4 is 23.5 Å². The van der Waals surface area contributed by atoms with Crippen LogP contribution >= 0.6 is 11.6 Å². The summed E-state index contributed by atoms with van der Waals surface area (Å²) in [5.74, 6) is -0.151. The van der Waals surface area contributed by atoms with Gasteiger partial charge in [0.2, 0.25) is 5.91 Å². The highest BCUT2D eigenvalue weighted by Crippen LogP contribution is 2.19. The molecule has 1 atom stereocenters. The van der Waals surface area contributed by atoms with Crippen LogP contribution in [-0.4, -0.2) is 43.0 Å². The number of likely N-dealkylation sites (tertiary alicyclic amines) is 1. The average molecular weight is 353 g/mol. The van der Waals surface area contributed by atoms with E-state index in [-0.39, 0.29) is 23.8 Å². The summed E-state index contributed by atoms with van der Waals surface area (Å²) < 4.78 is 5.06. The highest BCUT2D eigenvalue weighted by atomic mass is 35.5. The Labute approximate surface area is 148 Å². The molecule has 0 unspecified atom stereocenters. The van der Waals surface area contributed by atoms with E-state index < -0.39 is 0 Å². The maximum atomic E-state index is 12.2.